The number of hydrogen-bond donors (Lipinski definition) is 2. The minimum Gasteiger partial charge on any atom is -0.352 e. The maximum atomic E-state index is 8.72. The molecular weight excluding hydrogens is 355 g/mol. The van der Waals surface area contributed by atoms with Crippen LogP contribution in [0.5, 0.6) is 0 Å². The van der Waals surface area contributed by atoms with Gasteiger partial charge in [0.1, 0.15) is 16.5 Å². The molecule has 0 bridgehead atoms. The molecule has 6 nitrogen and oxygen atoms in total. The Hall–Kier alpha value is -1.82. The largest absolute Gasteiger partial charge is 0.352 e. The fourth-order valence-corrected chi connectivity index (χ4v) is 2.53. The lowest BCUT2D eigenvalue weighted by molar-refractivity contribution is 0.633. The molecule has 2 aromatic rings. The number of nitriles is 1. The number of aromatic nitrogens is 3. The summed E-state index contributed by atoms with van der Waals surface area (Å²) in [5.41, 5.74) is 2.96. The van der Waals surface area contributed by atoms with Crippen molar-refractivity contribution in [1.82, 2.24) is 14.8 Å². The van der Waals surface area contributed by atoms with E-state index in [4.69, 9.17) is 5.26 Å². The smallest absolute Gasteiger partial charge is 0.116 e. The van der Waals surface area contributed by atoms with Crippen molar-refractivity contribution in [2.24, 2.45) is 4.99 Å². The summed E-state index contributed by atoms with van der Waals surface area (Å²) in [5.74, 6) is 0.987. The van der Waals surface area contributed by atoms with Gasteiger partial charge < -0.3 is 10.3 Å². The molecule has 0 saturated heterocycles. The van der Waals surface area contributed by atoms with E-state index in [9.17, 15) is 0 Å². The van der Waals surface area contributed by atoms with Crippen molar-refractivity contribution in [3.8, 4) is 6.07 Å². The fraction of sp³-hybridized carbons (Fsp3) is 0.250. The third-order valence-corrected chi connectivity index (χ3v) is 3.93. The van der Waals surface area contributed by atoms with Gasteiger partial charge in [0.2, 0.25) is 0 Å². The van der Waals surface area contributed by atoms with Crippen LogP contribution in [0, 0.1) is 11.3 Å². The predicted octanol–water partition coefficient (Wildman–Crippen LogP) is 2.28. The van der Waals surface area contributed by atoms with Crippen LogP contribution in [0.15, 0.2) is 29.6 Å². The highest BCUT2D eigenvalue weighted by atomic mass is 127. The molecule has 0 aromatic carbocycles. The van der Waals surface area contributed by atoms with Gasteiger partial charge in [-0.2, -0.15) is 10.4 Å². The molecule has 96 valence electrons. The molecule has 19 heavy (non-hydrogen) atoms. The standard InChI is InChI=1S/C12H11IN6/c13-10(1-3-14)19-6-8(5-18-19)11-9-2-4-15-12(9)17-7-16-11/h2,4-6,10,15,17H,1,7H2. The second kappa shape index (κ2) is 5.05. The number of nitrogens with one attached hydrogen (secondary N) is 2. The van der Waals surface area contributed by atoms with Crippen molar-refractivity contribution < 1.29 is 0 Å². The van der Waals surface area contributed by atoms with Crippen LogP contribution in [0.25, 0.3) is 0 Å². The summed E-state index contributed by atoms with van der Waals surface area (Å²) in [6.07, 6.45) is 6.06. The number of halogens is 1. The van der Waals surface area contributed by atoms with Crippen LogP contribution in [0.3, 0.4) is 0 Å². The second-order valence-electron chi connectivity index (χ2n) is 4.11. The third kappa shape index (κ3) is 2.23. The Labute approximate surface area is 123 Å². The fourth-order valence-electron chi connectivity index (χ4n) is 2.03. The van der Waals surface area contributed by atoms with E-state index in [1.165, 1.54) is 0 Å². The lowest BCUT2D eigenvalue weighted by Gasteiger charge is -2.13. The second-order valence-corrected chi connectivity index (χ2v) is 5.55. The van der Waals surface area contributed by atoms with Crippen molar-refractivity contribution in [1.29, 1.82) is 5.26 Å². The number of rotatable bonds is 3. The van der Waals surface area contributed by atoms with Crippen molar-refractivity contribution in [2.45, 2.75) is 10.5 Å². The summed E-state index contributed by atoms with van der Waals surface area (Å²) in [6, 6.07) is 4.15. The van der Waals surface area contributed by atoms with Crippen molar-refractivity contribution in [3.63, 3.8) is 0 Å². The predicted molar refractivity (Wildman–Crippen MR) is 80.4 cm³/mol. The normalized spacial score (nSPS) is 15.1. The molecule has 1 aliphatic rings. The van der Waals surface area contributed by atoms with Gasteiger partial charge in [0, 0.05) is 23.5 Å². The number of alkyl halides is 1. The molecule has 0 spiro atoms. The zero-order valence-electron chi connectivity index (χ0n) is 9.97. The Morgan fingerprint density at radius 2 is 2.47 bits per heavy atom. The molecule has 0 saturated carbocycles. The summed E-state index contributed by atoms with van der Waals surface area (Å²) in [5, 5.41) is 16.2. The van der Waals surface area contributed by atoms with E-state index in [0.29, 0.717) is 13.1 Å². The summed E-state index contributed by atoms with van der Waals surface area (Å²) in [7, 11) is 0. The molecule has 0 fully saturated rings. The average molecular weight is 366 g/mol. The zero-order chi connectivity index (χ0) is 13.2. The van der Waals surface area contributed by atoms with Gasteiger partial charge >= 0.3 is 0 Å². The Bertz CT molecular complexity index is 662. The van der Waals surface area contributed by atoms with Gasteiger partial charge in [0.25, 0.3) is 0 Å². The number of H-pyrrole nitrogens is 1. The number of fused-ring (bicyclic) bond motifs is 1. The quantitative estimate of drug-likeness (QED) is 0.646. The highest BCUT2D eigenvalue weighted by Crippen LogP contribution is 2.24. The van der Waals surface area contributed by atoms with Crippen molar-refractivity contribution in [2.75, 3.05) is 12.0 Å². The van der Waals surface area contributed by atoms with E-state index >= 15 is 0 Å². The number of nitrogens with zero attached hydrogens (tertiary/aromatic N) is 4. The van der Waals surface area contributed by atoms with Crippen molar-refractivity contribution >= 4 is 34.1 Å². The Morgan fingerprint density at radius 1 is 1.58 bits per heavy atom. The van der Waals surface area contributed by atoms with Crippen LogP contribution in [0.1, 0.15) is 21.6 Å². The molecule has 1 unspecified atom stereocenters. The first-order valence-corrected chi connectivity index (χ1v) is 7.06. The molecule has 1 atom stereocenters. The SMILES string of the molecule is N#CCC(I)n1cc(C2=NCNc3[nH]ccc32)cn1. The maximum Gasteiger partial charge on any atom is 0.116 e. The van der Waals surface area contributed by atoms with Gasteiger partial charge in [-0.05, 0) is 6.07 Å². The monoisotopic (exact) mass is 366 g/mol. The third-order valence-electron chi connectivity index (χ3n) is 2.92. The summed E-state index contributed by atoms with van der Waals surface area (Å²) < 4.78 is 1.85. The number of aromatic amines is 1. The van der Waals surface area contributed by atoms with Crippen LogP contribution in [-0.4, -0.2) is 27.1 Å². The molecule has 0 amide bonds. The Balaban J connectivity index is 1.92. The topological polar surface area (TPSA) is 81.8 Å². The van der Waals surface area contributed by atoms with E-state index in [2.05, 4.69) is 49.1 Å². The molecule has 0 radical (unpaired) electrons. The lowest BCUT2D eigenvalue weighted by Crippen LogP contribution is -2.15. The van der Waals surface area contributed by atoms with E-state index in [0.717, 1.165) is 22.7 Å². The van der Waals surface area contributed by atoms with E-state index in [1.807, 2.05) is 18.5 Å². The van der Waals surface area contributed by atoms with Crippen LogP contribution in [0.4, 0.5) is 5.82 Å². The van der Waals surface area contributed by atoms with E-state index < -0.39 is 0 Å². The van der Waals surface area contributed by atoms with Gasteiger partial charge in [-0.25, -0.2) is 0 Å². The van der Waals surface area contributed by atoms with Gasteiger partial charge in [0.05, 0.1) is 24.4 Å². The molecule has 2 N–H and O–H groups in total. The van der Waals surface area contributed by atoms with Crippen LogP contribution < -0.4 is 5.32 Å². The number of hydrogen-bond acceptors (Lipinski definition) is 4. The van der Waals surface area contributed by atoms with Gasteiger partial charge in [-0.15, -0.1) is 0 Å². The van der Waals surface area contributed by atoms with E-state index in [1.54, 1.807) is 10.9 Å². The molecule has 7 heteroatoms. The van der Waals surface area contributed by atoms with Crippen LogP contribution in [-0.2, 0) is 0 Å². The molecule has 3 rings (SSSR count). The zero-order valence-corrected chi connectivity index (χ0v) is 12.1. The van der Waals surface area contributed by atoms with Gasteiger partial charge in [-0.1, -0.05) is 22.6 Å². The minimum absolute atomic E-state index is 0.0457. The molecule has 2 aromatic heterocycles. The first-order valence-electron chi connectivity index (χ1n) is 5.81. The highest BCUT2D eigenvalue weighted by Gasteiger charge is 2.18. The van der Waals surface area contributed by atoms with Crippen LogP contribution in [0.2, 0.25) is 0 Å². The highest BCUT2D eigenvalue weighted by molar-refractivity contribution is 14.1. The molecular formula is C12H11IN6. The lowest BCUT2D eigenvalue weighted by atomic mass is 10.1. The molecule has 3 heterocycles. The first kappa shape index (κ1) is 12.2. The van der Waals surface area contributed by atoms with Gasteiger partial charge in [-0.3, -0.25) is 9.67 Å². The summed E-state index contributed by atoms with van der Waals surface area (Å²) >= 11 is 2.21. The number of aliphatic imine (C=N–C) groups is 1. The Kier molecular flexibility index (Phi) is 3.25. The Morgan fingerprint density at radius 3 is 3.32 bits per heavy atom. The maximum absolute atomic E-state index is 8.72. The van der Waals surface area contributed by atoms with Gasteiger partial charge in [0.15, 0.2) is 0 Å². The van der Waals surface area contributed by atoms with Crippen molar-refractivity contribution in [3.05, 3.63) is 35.8 Å². The summed E-state index contributed by atoms with van der Waals surface area (Å²) in [6.45, 7) is 0.555. The minimum atomic E-state index is 0.0457. The summed E-state index contributed by atoms with van der Waals surface area (Å²) in [4.78, 5) is 7.64. The van der Waals surface area contributed by atoms with Crippen LogP contribution >= 0.6 is 22.6 Å². The average Bonchev–Trinajstić information content (AvgIpc) is 3.07. The molecule has 1 aliphatic heterocycles. The molecule has 0 aliphatic carbocycles. The van der Waals surface area contributed by atoms with E-state index in [-0.39, 0.29) is 4.05 Å². The number of anilines is 1. The first-order chi connectivity index (χ1) is 9.29.